The number of allylic oxidation sites excluding steroid dienone is 1. The Hall–Kier alpha value is -2.18. The Labute approximate surface area is 149 Å². The van der Waals surface area contributed by atoms with E-state index in [1.807, 2.05) is 13.8 Å². The van der Waals surface area contributed by atoms with Crippen molar-refractivity contribution in [1.29, 1.82) is 0 Å². The van der Waals surface area contributed by atoms with E-state index in [-0.39, 0.29) is 12.5 Å². The van der Waals surface area contributed by atoms with Crippen molar-refractivity contribution in [3.8, 4) is 0 Å². The van der Waals surface area contributed by atoms with Gasteiger partial charge in [-0.2, -0.15) is 0 Å². The number of rotatable bonds is 6. The second-order valence-electron chi connectivity index (χ2n) is 5.30. The Balaban J connectivity index is 1.85. The SMILES string of the molecule is CC(C)=CC(=O)NCc1ccc(C(=O)OCc2csc(Cl)n2)cc1. The van der Waals surface area contributed by atoms with Crippen molar-refractivity contribution >= 4 is 34.8 Å². The number of thiazole rings is 1. The Morgan fingerprint density at radius 1 is 1.29 bits per heavy atom. The Morgan fingerprint density at radius 2 is 2.00 bits per heavy atom. The zero-order valence-corrected chi connectivity index (χ0v) is 14.9. The first-order chi connectivity index (χ1) is 11.4. The molecule has 0 atom stereocenters. The largest absolute Gasteiger partial charge is 0.456 e. The van der Waals surface area contributed by atoms with E-state index in [2.05, 4.69) is 10.3 Å². The Kier molecular flexibility index (Phi) is 6.52. The molecule has 7 heteroatoms. The van der Waals surface area contributed by atoms with E-state index >= 15 is 0 Å². The van der Waals surface area contributed by atoms with Crippen molar-refractivity contribution < 1.29 is 14.3 Å². The number of amides is 1. The van der Waals surface area contributed by atoms with Crippen molar-refractivity contribution in [3.63, 3.8) is 0 Å². The van der Waals surface area contributed by atoms with Crippen LogP contribution in [0.1, 0.15) is 35.5 Å². The molecule has 0 bridgehead atoms. The molecule has 2 aromatic rings. The average Bonchev–Trinajstić information content (AvgIpc) is 2.96. The van der Waals surface area contributed by atoms with Gasteiger partial charge in [-0.25, -0.2) is 9.78 Å². The lowest BCUT2D eigenvalue weighted by atomic mass is 10.1. The summed E-state index contributed by atoms with van der Waals surface area (Å²) in [5.41, 5.74) is 2.90. The van der Waals surface area contributed by atoms with Crippen molar-refractivity contribution in [2.45, 2.75) is 27.0 Å². The highest BCUT2D eigenvalue weighted by molar-refractivity contribution is 7.13. The van der Waals surface area contributed by atoms with Crippen LogP contribution in [-0.2, 0) is 22.7 Å². The molecule has 0 aliphatic carbocycles. The summed E-state index contributed by atoms with van der Waals surface area (Å²) in [5.74, 6) is -0.570. The van der Waals surface area contributed by atoms with Crippen LogP contribution in [0.15, 0.2) is 41.3 Å². The van der Waals surface area contributed by atoms with E-state index in [1.165, 1.54) is 17.4 Å². The summed E-state index contributed by atoms with van der Waals surface area (Å²) < 4.78 is 5.60. The molecular formula is C17H17ClN2O3S. The van der Waals surface area contributed by atoms with Crippen LogP contribution in [0, 0.1) is 0 Å². The van der Waals surface area contributed by atoms with E-state index in [0.29, 0.717) is 22.3 Å². The number of hydrogen-bond acceptors (Lipinski definition) is 5. The number of nitrogens with zero attached hydrogens (tertiary/aromatic N) is 1. The third kappa shape index (κ3) is 5.79. The molecular weight excluding hydrogens is 348 g/mol. The predicted molar refractivity (Wildman–Crippen MR) is 94.0 cm³/mol. The van der Waals surface area contributed by atoms with Crippen LogP contribution >= 0.6 is 22.9 Å². The van der Waals surface area contributed by atoms with Crippen LogP contribution in [-0.4, -0.2) is 16.9 Å². The monoisotopic (exact) mass is 364 g/mol. The van der Waals surface area contributed by atoms with E-state index < -0.39 is 5.97 Å². The smallest absolute Gasteiger partial charge is 0.338 e. The predicted octanol–water partition coefficient (Wildman–Crippen LogP) is 3.74. The van der Waals surface area contributed by atoms with Gasteiger partial charge in [0.1, 0.15) is 6.61 Å². The van der Waals surface area contributed by atoms with Crippen molar-refractivity contribution in [1.82, 2.24) is 10.3 Å². The minimum atomic E-state index is -0.431. The van der Waals surface area contributed by atoms with Crippen LogP contribution in [0.2, 0.25) is 4.47 Å². The number of carbonyl (C=O) groups excluding carboxylic acids is 2. The van der Waals surface area contributed by atoms with Gasteiger partial charge in [0.25, 0.3) is 0 Å². The molecule has 0 aliphatic rings. The van der Waals surface area contributed by atoms with Gasteiger partial charge >= 0.3 is 5.97 Å². The summed E-state index contributed by atoms with van der Waals surface area (Å²) in [5, 5.41) is 4.52. The first-order valence-electron chi connectivity index (χ1n) is 7.23. The number of ether oxygens (including phenoxy) is 1. The van der Waals surface area contributed by atoms with Crippen molar-refractivity contribution in [2.75, 3.05) is 0 Å². The van der Waals surface area contributed by atoms with Gasteiger partial charge in [0, 0.05) is 18.0 Å². The molecule has 2 rings (SSSR count). The van der Waals surface area contributed by atoms with Gasteiger partial charge in [-0.1, -0.05) is 29.3 Å². The number of aromatic nitrogens is 1. The fourth-order valence-corrected chi connectivity index (χ4v) is 2.60. The Morgan fingerprint density at radius 3 is 2.58 bits per heavy atom. The standard InChI is InChI=1S/C17H17ClN2O3S/c1-11(2)7-15(21)19-8-12-3-5-13(6-4-12)16(22)23-9-14-10-24-17(18)20-14/h3-7,10H,8-9H2,1-2H3,(H,19,21). The van der Waals surface area contributed by atoms with Crippen LogP contribution in [0.25, 0.3) is 0 Å². The quantitative estimate of drug-likeness (QED) is 0.626. The minimum absolute atomic E-state index is 0.0859. The Bertz CT molecular complexity index is 749. The van der Waals surface area contributed by atoms with Crippen molar-refractivity contribution in [3.05, 3.63) is 62.6 Å². The molecule has 0 spiro atoms. The minimum Gasteiger partial charge on any atom is -0.456 e. The topological polar surface area (TPSA) is 68.3 Å². The third-order valence-corrected chi connectivity index (χ3v) is 3.98. The highest BCUT2D eigenvalue weighted by atomic mass is 35.5. The second-order valence-corrected chi connectivity index (χ2v) is 6.74. The van der Waals surface area contributed by atoms with E-state index in [4.69, 9.17) is 16.3 Å². The molecule has 5 nitrogen and oxygen atoms in total. The molecule has 0 fully saturated rings. The molecule has 1 amide bonds. The molecule has 0 unspecified atom stereocenters. The van der Waals surface area contributed by atoms with Gasteiger partial charge in [-0.15, -0.1) is 11.3 Å². The third-order valence-electron chi connectivity index (χ3n) is 2.95. The van der Waals surface area contributed by atoms with Crippen LogP contribution in [0.3, 0.4) is 0 Å². The van der Waals surface area contributed by atoms with Gasteiger partial charge in [0.2, 0.25) is 5.91 Å². The molecule has 1 aromatic carbocycles. The summed E-state index contributed by atoms with van der Waals surface area (Å²) in [4.78, 5) is 27.5. The normalized spacial score (nSPS) is 10.1. The van der Waals surface area contributed by atoms with Crippen molar-refractivity contribution in [2.24, 2.45) is 0 Å². The van der Waals surface area contributed by atoms with Gasteiger partial charge in [0.05, 0.1) is 11.3 Å². The summed E-state index contributed by atoms with van der Waals surface area (Å²) >= 11 is 7.01. The first kappa shape index (κ1) is 18.2. The molecule has 0 saturated heterocycles. The molecule has 126 valence electrons. The molecule has 1 N–H and O–H groups in total. The summed E-state index contributed by atoms with van der Waals surface area (Å²) in [6.45, 7) is 4.21. The maximum Gasteiger partial charge on any atom is 0.338 e. The van der Waals surface area contributed by atoms with Gasteiger partial charge in [-0.3, -0.25) is 4.79 Å². The fourth-order valence-electron chi connectivity index (χ4n) is 1.83. The lowest BCUT2D eigenvalue weighted by Gasteiger charge is -2.06. The molecule has 1 heterocycles. The number of carbonyl (C=O) groups is 2. The highest BCUT2D eigenvalue weighted by Gasteiger charge is 2.09. The number of benzene rings is 1. The zero-order valence-electron chi connectivity index (χ0n) is 13.3. The molecule has 0 aliphatic heterocycles. The number of esters is 1. The molecule has 0 saturated carbocycles. The molecule has 24 heavy (non-hydrogen) atoms. The highest BCUT2D eigenvalue weighted by Crippen LogP contribution is 2.16. The molecule has 1 aromatic heterocycles. The lowest BCUT2D eigenvalue weighted by Crippen LogP contribution is -2.20. The summed E-state index contributed by atoms with van der Waals surface area (Å²) in [6.07, 6.45) is 1.54. The van der Waals surface area contributed by atoms with E-state index in [1.54, 1.807) is 29.6 Å². The van der Waals surface area contributed by atoms with Gasteiger partial charge in [0.15, 0.2) is 4.47 Å². The number of halogens is 1. The average molecular weight is 365 g/mol. The number of hydrogen-bond donors (Lipinski definition) is 1. The maximum atomic E-state index is 12.0. The van der Waals surface area contributed by atoms with E-state index in [0.717, 1.165) is 11.1 Å². The van der Waals surface area contributed by atoms with Crippen LogP contribution < -0.4 is 5.32 Å². The lowest BCUT2D eigenvalue weighted by molar-refractivity contribution is -0.116. The second kappa shape index (κ2) is 8.61. The summed E-state index contributed by atoms with van der Waals surface area (Å²) in [6, 6.07) is 6.88. The summed E-state index contributed by atoms with van der Waals surface area (Å²) in [7, 11) is 0. The van der Waals surface area contributed by atoms with Crippen LogP contribution in [0.4, 0.5) is 0 Å². The first-order valence-corrected chi connectivity index (χ1v) is 8.48. The maximum absolute atomic E-state index is 12.0. The van der Waals surface area contributed by atoms with E-state index in [9.17, 15) is 9.59 Å². The van der Waals surface area contributed by atoms with Gasteiger partial charge in [-0.05, 0) is 31.5 Å². The molecule has 0 radical (unpaired) electrons. The number of nitrogens with one attached hydrogen (secondary N) is 1. The van der Waals surface area contributed by atoms with Crippen LogP contribution in [0.5, 0.6) is 0 Å². The fraction of sp³-hybridized carbons (Fsp3) is 0.235. The zero-order chi connectivity index (χ0) is 17.5. The van der Waals surface area contributed by atoms with Gasteiger partial charge < -0.3 is 10.1 Å².